The van der Waals surface area contributed by atoms with Crippen LogP contribution in [0.2, 0.25) is 0 Å². The standard InChI is InChI=1S/C27H33F3N6O2/c28-19-9-10-35(16-19)20-7-5-18(6-8-20)17-38-24-15-23(32-27(33-24)34-11-13-37-14-12-34)36-22-4-2-1-3-21(22)31-26(36)25(29)30/h1-4,15,18-20,25H,5-14,16-17H2/t18-,19-,20+/m0/s1. The molecule has 0 unspecified atom stereocenters. The molecule has 6 rings (SSSR count). The van der Waals surface area contributed by atoms with E-state index < -0.39 is 12.6 Å². The van der Waals surface area contributed by atoms with Gasteiger partial charge >= 0.3 is 0 Å². The molecule has 3 aromatic rings. The number of halogens is 3. The Morgan fingerprint density at radius 2 is 1.76 bits per heavy atom. The van der Waals surface area contributed by atoms with Crippen LogP contribution >= 0.6 is 0 Å². The molecule has 204 valence electrons. The molecule has 11 heteroatoms. The van der Waals surface area contributed by atoms with E-state index in [9.17, 15) is 13.2 Å². The molecule has 2 aromatic heterocycles. The van der Waals surface area contributed by atoms with E-state index in [1.165, 1.54) is 4.57 Å². The Kier molecular flexibility index (Phi) is 7.38. The second kappa shape index (κ2) is 11.1. The Morgan fingerprint density at radius 3 is 2.50 bits per heavy atom. The maximum Gasteiger partial charge on any atom is 0.296 e. The molecule has 3 aliphatic rings. The van der Waals surface area contributed by atoms with Gasteiger partial charge in [-0.05, 0) is 50.2 Å². The van der Waals surface area contributed by atoms with Gasteiger partial charge < -0.3 is 14.4 Å². The Morgan fingerprint density at radius 1 is 0.974 bits per heavy atom. The molecule has 4 heterocycles. The summed E-state index contributed by atoms with van der Waals surface area (Å²) >= 11 is 0. The van der Waals surface area contributed by atoms with Crippen LogP contribution in [0.4, 0.5) is 19.1 Å². The third-order valence-corrected chi connectivity index (χ3v) is 7.94. The first-order valence-corrected chi connectivity index (χ1v) is 13.5. The fourth-order valence-electron chi connectivity index (χ4n) is 5.88. The molecule has 1 saturated carbocycles. The largest absolute Gasteiger partial charge is 0.477 e. The van der Waals surface area contributed by atoms with Crippen LogP contribution in [0.1, 0.15) is 44.4 Å². The number of anilines is 1. The lowest BCUT2D eigenvalue weighted by atomic mass is 9.86. The summed E-state index contributed by atoms with van der Waals surface area (Å²) < 4.78 is 54.8. The van der Waals surface area contributed by atoms with Gasteiger partial charge in [-0.25, -0.2) is 18.2 Å². The summed E-state index contributed by atoms with van der Waals surface area (Å²) in [5.41, 5.74) is 1.03. The van der Waals surface area contributed by atoms with Crippen LogP contribution in [0.5, 0.6) is 5.88 Å². The van der Waals surface area contributed by atoms with E-state index in [-0.39, 0.29) is 5.82 Å². The highest BCUT2D eigenvalue weighted by Crippen LogP contribution is 2.32. The third kappa shape index (κ3) is 5.31. The summed E-state index contributed by atoms with van der Waals surface area (Å²) in [6.07, 6.45) is 1.27. The lowest BCUT2D eigenvalue weighted by Gasteiger charge is -2.34. The monoisotopic (exact) mass is 530 g/mol. The summed E-state index contributed by atoms with van der Waals surface area (Å²) in [5.74, 6) is 1.10. The third-order valence-electron chi connectivity index (χ3n) is 7.94. The minimum Gasteiger partial charge on any atom is -0.477 e. The van der Waals surface area contributed by atoms with E-state index in [1.807, 2.05) is 4.90 Å². The minimum absolute atomic E-state index is 0.305. The first-order chi connectivity index (χ1) is 18.5. The van der Waals surface area contributed by atoms with Gasteiger partial charge in [0.15, 0.2) is 5.82 Å². The highest BCUT2D eigenvalue weighted by molar-refractivity contribution is 5.78. The van der Waals surface area contributed by atoms with Crippen molar-refractivity contribution in [2.24, 2.45) is 5.92 Å². The van der Waals surface area contributed by atoms with Gasteiger partial charge in [-0.2, -0.15) is 9.97 Å². The van der Waals surface area contributed by atoms with Gasteiger partial charge in [0.05, 0.1) is 30.9 Å². The number of morpholine rings is 1. The smallest absolute Gasteiger partial charge is 0.296 e. The fourth-order valence-corrected chi connectivity index (χ4v) is 5.88. The maximum absolute atomic E-state index is 14.1. The van der Waals surface area contributed by atoms with E-state index >= 15 is 0 Å². The molecule has 38 heavy (non-hydrogen) atoms. The van der Waals surface area contributed by atoms with Gasteiger partial charge in [0.25, 0.3) is 6.43 Å². The van der Waals surface area contributed by atoms with E-state index in [2.05, 4.69) is 19.9 Å². The average Bonchev–Trinajstić information content (AvgIpc) is 3.56. The van der Waals surface area contributed by atoms with Crippen molar-refractivity contribution in [3.05, 3.63) is 36.2 Å². The molecule has 0 radical (unpaired) electrons. The van der Waals surface area contributed by atoms with Crippen LogP contribution in [0, 0.1) is 5.92 Å². The Hall–Kier alpha value is -2.92. The average molecular weight is 531 g/mol. The molecular weight excluding hydrogens is 497 g/mol. The van der Waals surface area contributed by atoms with Gasteiger partial charge in [-0.1, -0.05) is 12.1 Å². The number of aromatic nitrogens is 4. The van der Waals surface area contributed by atoms with E-state index in [4.69, 9.17) is 9.47 Å². The van der Waals surface area contributed by atoms with Crippen molar-refractivity contribution < 1.29 is 22.6 Å². The summed E-state index contributed by atoms with van der Waals surface area (Å²) in [5, 5.41) is 0. The van der Waals surface area contributed by atoms with Crippen LogP contribution in [0.3, 0.4) is 0 Å². The van der Waals surface area contributed by atoms with Crippen molar-refractivity contribution in [3.63, 3.8) is 0 Å². The van der Waals surface area contributed by atoms with E-state index in [0.29, 0.717) is 86.5 Å². The van der Waals surface area contributed by atoms with Crippen molar-refractivity contribution in [3.8, 4) is 11.7 Å². The number of likely N-dealkylation sites (tertiary alicyclic amines) is 1. The molecule has 0 N–H and O–H groups in total. The van der Waals surface area contributed by atoms with Gasteiger partial charge in [-0.15, -0.1) is 0 Å². The second-order valence-electron chi connectivity index (χ2n) is 10.4. The van der Waals surface area contributed by atoms with E-state index in [1.54, 1.807) is 30.3 Å². The topological polar surface area (TPSA) is 68.5 Å². The Labute approximate surface area is 219 Å². The quantitative estimate of drug-likeness (QED) is 0.443. The molecule has 8 nitrogen and oxygen atoms in total. The summed E-state index contributed by atoms with van der Waals surface area (Å²) in [6, 6.07) is 9.12. The van der Waals surface area contributed by atoms with Crippen LogP contribution in [0.25, 0.3) is 16.9 Å². The number of fused-ring (bicyclic) bond motifs is 1. The summed E-state index contributed by atoms with van der Waals surface area (Å²) in [6.45, 7) is 4.20. The molecule has 3 fully saturated rings. The van der Waals surface area contributed by atoms with Crippen molar-refractivity contribution in [2.75, 3.05) is 50.9 Å². The van der Waals surface area contributed by atoms with Gasteiger partial charge in [0, 0.05) is 38.3 Å². The number of rotatable bonds is 7. The van der Waals surface area contributed by atoms with Crippen molar-refractivity contribution in [1.29, 1.82) is 0 Å². The fraction of sp³-hybridized carbons (Fsp3) is 0.593. The van der Waals surface area contributed by atoms with Gasteiger partial charge in [-0.3, -0.25) is 9.47 Å². The lowest BCUT2D eigenvalue weighted by molar-refractivity contribution is 0.121. The summed E-state index contributed by atoms with van der Waals surface area (Å²) in [4.78, 5) is 17.8. The minimum atomic E-state index is -2.77. The van der Waals surface area contributed by atoms with Crippen molar-refractivity contribution >= 4 is 17.0 Å². The zero-order chi connectivity index (χ0) is 26.1. The molecule has 0 spiro atoms. The molecule has 2 saturated heterocycles. The van der Waals surface area contributed by atoms with Gasteiger partial charge in [0.2, 0.25) is 11.8 Å². The number of benzene rings is 1. The number of imidazole rings is 1. The number of alkyl halides is 3. The zero-order valence-electron chi connectivity index (χ0n) is 21.3. The number of hydrogen-bond acceptors (Lipinski definition) is 7. The van der Waals surface area contributed by atoms with Gasteiger partial charge in [0.1, 0.15) is 12.0 Å². The highest BCUT2D eigenvalue weighted by Gasteiger charge is 2.31. The maximum atomic E-state index is 14.1. The number of ether oxygens (including phenoxy) is 2. The lowest BCUT2D eigenvalue weighted by Crippen LogP contribution is -2.38. The number of nitrogens with zero attached hydrogens (tertiary/aromatic N) is 6. The van der Waals surface area contributed by atoms with Crippen LogP contribution in [-0.2, 0) is 4.74 Å². The second-order valence-corrected chi connectivity index (χ2v) is 10.4. The number of para-hydroxylation sites is 2. The van der Waals surface area contributed by atoms with E-state index in [0.717, 1.165) is 32.2 Å². The molecule has 2 aliphatic heterocycles. The highest BCUT2D eigenvalue weighted by atomic mass is 19.3. The molecule has 0 bridgehead atoms. The first-order valence-electron chi connectivity index (χ1n) is 13.5. The first kappa shape index (κ1) is 25.4. The normalized spacial score (nSPS) is 24.9. The SMILES string of the molecule is FC(F)c1nc2ccccc2n1-c1cc(OC[C@H]2CC[C@@H](N3CC[C@H](F)C3)CC2)nc(N2CCOCC2)n1. The molecular formula is C27H33F3N6O2. The van der Waals surface area contributed by atoms with Crippen LogP contribution in [-0.4, -0.2) is 82.6 Å². The van der Waals surface area contributed by atoms with Crippen LogP contribution in [0.15, 0.2) is 30.3 Å². The molecule has 0 amide bonds. The van der Waals surface area contributed by atoms with Crippen molar-refractivity contribution in [1.82, 2.24) is 24.4 Å². The number of hydrogen-bond donors (Lipinski definition) is 0. The predicted molar refractivity (Wildman–Crippen MR) is 137 cm³/mol. The zero-order valence-corrected chi connectivity index (χ0v) is 21.3. The van der Waals surface area contributed by atoms with Crippen molar-refractivity contribution in [2.45, 2.75) is 50.7 Å². The predicted octanol–water partition coefficient (Wildman–Crippen LogP) is 4.57. The summed E-state index contributed by atoms with van der Waals surface area (Å²) in [7, 11) is 0. The Balaban J connectivity index is 1.24. The molecule has 1 aliphatic carbocycles. The van der Waals surface area contributed by atoms with Crippen LogP contribution < -0.4 is 9.64 Å². The molecule has 1 atom stereocenters. The molecule has 1 aromatic carbocycles. The Bertz CT molecular complexity index is 1240.